The van der Waals surface area contributed by atoms with Crippen molar-refractivity contribution in [2.75, 3.05) is 0 Å². The molecule has 0 radical (unpaired) electrons. The monoisotopic (exact) mass is 324 g/mol. The summed E-state index contributed by atoms with van der Waals surface area (Å²) in [5.74, 6) is 0. The predicted octanol–water partition coefficient (Wildman–Crippen LogP) is 4.35. The number of nitrogens with one attached hydrogen (secondary N) is 1. The molecule has 0 spiro atoms. The van der Waals surface area contributed by atoms with E-state index in [9.17, 15) is 0 Å². The third kappa shape index (κ3) is 3.55. The zero-order valence-electron chi connectivity index (χ0n) is 10.0. The van der Waals surface area contributed by atoms with Gasteiger partial charge < -0.3 is 5.32 Å². The Balaban J connectivity index is 2.01. The third-order valence-electron chi connectivity index (χ3n) is 2.74. The Hall–Kier alpha value is -0.900. The number of aromatic nitrogens is 1. The van der Waals surface area contributed by atoms with Crippen LogP contribution in [-0.4, -0.2) is 4.98 Å². The van der Waals surface area contributed by atoms with E-state index in [1.807, 2.05) is 36.4 Å². The normalized spacial score (nSPS) is 12.4. The van der Waals surface area contributed by atoms with Crippen LogP contribution in [-0.2, 0) is 6.54 Å². The Morgan fingerprint density at radius 1 is 1.33 bits per heavy atom. The fourth-order valence-electron chi connectivity index (χ4n) is 1.68. The quantitative estimate of drug-likeness (QED) is 0.904. The van der Waals surface area contributed by atoms with Crippen LogP contribution in [0.3, 0.4) is 0 Å². The van der Waals surface area contributed by atoms with Gasteiger partial charge in [0.1, 0.15) is 0 Å². The minimum Gasteiger partial charge on any atom is -0.305 e. The Morgan fingerprint density at radius 3 is 2.89 bits per heavy atom. The van der Waals surface area contributed by atoms with E-state index < -0.39 is 0 Å². The fourth-order valence-corrected chi connectivity index (χ4v) is 2.27. The van der Waals surface area contributed by atoms with Crippen molar-refractivity contribution < 1.29 is 0 Å². The lowest BCUT2D eigenvalue weighted by Crippen LogP contribution is -2.19. The average Bonchev–Trinajstić information content (AvgIpc) is 2.40. The van der Waals surface area contributed by atoms with Crippen molar-refractivity contribution in [3.63, 3.8) is 0 Å². The van der Waals surface area contributed by atoms with Gasteiger partial charge in [-0.25, -0.2) is 0 Å². The van der Waals surface area contributed by atoms with Crippen LogP contribution in [0, 0.1) is 0 Å². The van der Waals surface area contributed by atoms with Crippen LogP contribution in [0.15, 0.2) is 47.1 Å². The number of hydrogen-bond donors (Lipinski definition) is 1. The molecule has 0 aliphatic heterocycles. The van der Waals surface area contributed by atoms with Gasteiger partial charge >= 0.3 is 0 Å². The van der Waals surface area contributed by atoms with Crippen molar-refractivity contribution >= 4 is 27.5 Å². The summed E-state index contributed by atoms with van der Waals surface area (Å²) >= 11 is 9.60. The molecular weight excluding hydrogens is 312 g/mol. The van der Waals surface area contributed by atoms with E-state index in [-0.39, 0.29) is 6.04 Å². The van der Waals surface area contributed by atoms with E-state index >= 15 is 0 Å². The van der Waals surface area contributed by atoms with Gasteiger partial charge in [-0.1, -0.05) is 33.6 Å². The van der Waals surface area contributed by atoms with Crippen LogP contribution in [0.5, 0.6) is 0 Å². The highest BCUT2D eigenvalue weighted by Crippen LogP contribution is 2.21. The van der Waals surface area contributed by atoms with Gasteiger partial charge in [-0.2, -0.15) is 0 Å². The molecular formula is C14H14BrClN2. The Labute approximate surface area is 121 Å². The van der Waals surface area contributed by atoms with Gasteiger partial charge in [0.25, 0.3) is 0 Å². The highest BCUT2D eigenvalue weighted by Gasteiger charge is 2.07. The van der Waals surface area contributed by atoms with Crippen LogP contribution in [0.1, 0.15) is 24.2 Å². The van der Waals surface area contributed by atoms with E-state index in [4.69, 9.17) is 11.6 Å². The van der Waals surface area contributed by atoms with Gasteiger partial charge in [0.2, 0.25) is 0 Å². The molecule has 0 amide bonds. The van der Waals surface area contributed by atoms with Crippen LogP contribution in [0.2, 0.25) is 5.02 Å². The average molecular weight is 326 g/mol. The maximum absolute atomic E-state index is 6.15. The minimum absolute atomic E-state index is 0.196. The lowest BCUT2D eigenvalue weighted by atomic mass is 10.2. The summed E-state index contributed by atoms with van der Waals surface area (Å²) in [6.45, 7) is 2.81. The molecule has 18 heavy (non-hydrogen) atoms. The van der Waals surface area contributed by atoms with Crippen LogP contribution >= 0.6 is 27.5 Å². The zero-order chi connectivity index (χ0) is 13.0. The minimum atomic E-state index is 0.196. The van der Waals surface area contributed by atoms with Crippen LogP contribution < -0.4 is 5.32 Å². The predicted molar refractivity (Wildman–Crippen MR) is 78.6 cm³/mol. The molecule has 2 aromatic rings. The summed E-state index contributed by atoms with van der Waals surface area (Å²) in [4.78, 5) is 4.33. The second kappa shape index (κ2) is 6.32. The molecule has 1 N–H and O–H groups in total. The molecule has 2 nitrogen and oxygen atoms in total. The number of halogens is 2. The van der Waals surface area contributed by atoms with Crippen molar-refractivity contribution in [1.82, 2.24) is 10.3 Å². The molecule has 1 unspecified atom stereocenters. The van der Waals surface area contributed by atoms with Crippen molar-refractivity contribution in [1.29, 1.82) is 0 Å². The number of rotatable bonds is 4. The number of benzene rings is 1. The molecule has 1 aromatic carbocycles. The van der Waals surface area contributed by atoms with Gasteiger partial charge in [0, 0.05) is 28.3 Å². The lowest BCUT2D eigenvalue weighted by molar-refractivity contribution is 0.561. The standard InChI is InChI=1S/C14H14BrClN2/c1-10(14-4-2-3-7-17-14)18-9-11-8-12(15)5-6-13(11)16/h2-8,10,18H,9H2,1H3. The summed E-state index contributed by atoms with van der Waals surface area (Å²) in [5.41, 5.74) is 2.11. The maximum atomic E-state index is 6.15. The van der Waals surface area contributed by atoms with Crippen molar-refractivity contribution in [2.45, 2.75) is 19.5 Å². The molecule has 0 aliphatic carbocycles. The second-order valence-corrected chi connectivity index (χ2v) is 5.42. The van der Waals surface area contributed by atoms with Crippen molar-refractivity contribution in [3.8, 4) is 0 Å². The number of nitrogens with zero attached hydrogens (tertiary/aromatic N) is 1. The largest absolute Gasteiger partial charge is 0.305 e. The Kier molecular flexibility index (Phi) is 4.75. The summed E-state index contributed by atoms with van der Waals surface area (Å²) in [7, 11) is 0. The molecule has 1 aromatic heterocycles. The highest BCUT2D eigenvalue weighted by molar-refractivity contribution is 9.10. The Bertz CT molecular complexity index is 516. The molecule has 1 heterocycles. The van der Waals surface area contributed by atoms with Crippen LogP contribution in [0.4, 0.5) is 0 Å². The first kappa shape index (κ1) is 13.5. The molecule has 0 aliphatic rings. The lowest BCUT2D eigenvalue weighted by Gasteiger charge is -2.14. The molecule has 1 atom stereocenters. The van der Waals surface area contributed by atoms with Gasteiger partial charge in [0.15, 0.2) is 0 Å². The van der Waals surface area contributed by atoms with E-state index in [2.05, 4.69) is 33.2 Å². The summed E-state index contributed by atoms with van der Waals surface area (Å²) in [6, 6.07) is 12.0. The Morgan fingerprint density at radius 2 is 2.17 bits per heavy atom. The third-order valence-corrected chi connectivity index (χ3v) is 3.60. The smallest absolute Gasteiger partial charge is 0.0570 e. The van der Waals surface area contributed by atoms with Gasteiger partial charge in [-0.3, -0.25) is 4.98 Å². The first-order valence-electron chi connectivity index (χ1n) is 5.75. The summed E-state index contributed by atoms with van der Waals surface area (Å²) in [6.07, 6.45) is 1.81. The zero-order valence-corrected chi connectivity index (χ0v) is 12.4. The fraction of sp³-hybridized carbons (Fsp3) is 0.214. The first-order chi connectivity index (χ1) is 8.66. The summed E-state index contributed by atoms with van der Waals surface area (Å²) < 4.78 is 1.04. The molecule has 0 fully saturated rings. The molecule has 0 bridgehead atoms. The summed E-state index contributed by atoms with van der Waals surface area (Å²) in [5, 5.41) is 4.19. The molecule has 4 heteroatoms. The maximum Gasteiger partial charge on any atom is 0.0570 e. The van der Waals surface area contributed by atoms with Gasteiger partial charge in [-0.05, 0) is 42.8 Å². The van der Waals surface area contributed by atoms with E-state index in [1.165, 1.54) is 0 Å². The number of pyridine rings is 1. The van der Waals surface area contributed by atoms with Crippen molar-refractivity contribution in [2.24, 2.45) is 0 Å². The molecule has 2 rings (SSSR count). The van der Waals surface area contributed by atoms with Gasteiger partial charge in [0.05, 0.1) is 5.69 Å². The number of hydrogen-bond acceptors (Lipinski definition) is 2. The first-order valence-corrected chi connectivity index (χ1v) is 6.92. The van der Waals surface area contributed by atoms with Gasteiger partial charge in [-0.15, -0.1) is 0 Å². The van der Waals surface area contributed by atoms with E-state index in [0.29, 0.717) is 0 Å². The molecule has 0 saturated carbocycles. The van der Waals surface area contributed by atoms with Crippen LogP contribution in [0.25, 0.3) is 0 Å². The second-order valence-electron chi connectivity index (χ2n) is 4.09. The SMILES string of the molecule is CC(NCc1cc(Br)ccc1Cl)c1ccccn1. The molecule has 0 saturated heterocycles. The topological polar surface area (TPSA) is 24.9 Å². The van der Waals surface area contributed by atoms with Crippen molar-refractivity contribution in [3.05, 3.63) is 63.3 Å². The van der Waals surface area contributed by atoms with E-state index in [1.54, 1.807) is 6.20 Å². The van der Waals surface area contributed by atoms with E-state index in [0.717, 1.165) is 27.3 Å². The highest BCUT2D eigenvalue weighted by atomic mass is 79.9. The molecule has 94 valence electrons.